The lowest BCUT2D eigenvalue weighted by atomic mass is 10.1. The molecule has 7 heteroatoms. The van der Waals surface area contributed by atoms with Gasteiger partial charge in [0.25, 0.3) is 5.91 Å². The van der Waals surface area contributed by atoms with E-state index in [2.05, 4.69) is 5.32 Å². The van der Waals surface area contributed by atoms with Crippen molar-refractivity contribution < 1.29 is 28.3 Å². The van der Waals surface area contributed by atoms with Crippen LogP contribution in [-0.2, 0) is 4.74 Å². The molecule has 7 nitrogen and oxygen atoms in total. The summed E-state index contributed by atoms with van der Waals surface area (Å²) in [5, 5.41) is 2.65. The van der Waals surface area contributed by atoms with E-state index in [9.17, 15) is 14.4 Å². The summed E-state index contributed by atoms with van der Waals surface area (Å²) < 4.78 is 15.3. The third kappa shape index (κ3) is 4.90. The largest absolute Gasteiger partial charge is 0.497 e. The van der Waals surface area contributed by atoms with E-state index in [1.807, 2.05) is 0 Å². The number of rotatable bonds is 7. The number of benzene rings is 2. The molecule has 0 bridgehead atoms. The van der Waals surface area contributed by atoms with Gasteiger partial charge in [-0.2, -0.15) is 0 Å². The van der Waals surface area contributed by atoms with E-state index in [0.717, 1.165) is 0 Å². The second kappa shape index (κ2) is 8.88. The minimum absolute atomic E-state index is 0.180. The number of hydrogen-bond acceptors (Lipinski definition) is 6. The van der Waals surface area contributed by atoms with Gasteiger partial charge < -0.3 is 19.2 Å². The van der Waals surface area contributed by atoms with E-state index in [1.165, 1.54) is 32.4 Å². The fourth-order valence-corrected chi connectivity index (χ4v) is 2.56. The number of amides is 1. The molecule has 0 aliphatic rings. The van der Waals surface area contributed by atoms with Crippen molar-refractivity contribution in [3.05, 3.63) is 83.8 Å². The highest BCUT2D eigenvalue weighted by Gasteiger charge is 2.20. The maximum absolute atomic E-state index is 12.4. The van der Waals surface area contributed by atoms with Gasteiger partial charge in [-0.1, -0.05) is 0 Å². The fraction of sp³-hybridized carbons (Fsp3) is 0.136. The molecule has 1 heterocycles. The van der Waals surface area contributed by atoms with Crippen LogP contribution in [0.25, 0.3) is 0 Å². The van der Waals surface area contributed by atoms with Crippen LogP contribution in [0.4, 0.5) is 5.69 Å². The molecule has 1 N–H and O–H groups in total. The zero-order chi connectivity index (χ0) is 20.8. The number of anilines is 1. The fourth-order valence-electron chi connectivity index (χ4n) is 2.56. The highest BCUT2D eigenvalue weighted by Crippen LogP contribution is 2.16. The number of nitrogens with one attached hydrogen (secondary N) is 1. The highest BCUT2D eigenvalue weighted by atomic mass is 16.5. The standard InChI is InChI=1S/C22H19NO6/c1-14(20(24)15-7-11-18(27-2)12-8-15)29-22(26)16-5-9-17(10-6-16)23-21(25)19-4-3-13-28-19/h3-14H,1-2H3,(H,23,25)/t14-/m1/s1. The molecule has 0 spiro atoms. The summed E-state index contributed by atoms with van der Waals surface area (Å²) in [6.45, 7) is 1.52. The number of ether oxygens (including phenoxy) is 2. The van der Waals surface area contributed by atoms with Crippen LogP contribution in [0.3, 0.4) is 0 Å². The van der Waals surface area contributed by atoms with Gasteiger partial charge in [0.2, 0.25) is 5.78 Å². The molecule has 3 rings (SSSR count). The van der Waals surface area contributed by atoms with Gasteiger partial charge in [-0.05, 0) is 67.6 Å². The molecule has 0 fully saturated rings. The molecule has 148 valence electrons. The Hall–Kier alpha value is -3.87. The van der Waals surface area contributed by atoms with Gasteiger partial charge >= 0.3 is 5.97 Å². The number of furan rings is 1. The molecule has 29 heavy (non-hydrogen) atoms. The van der Waals surface area contributed by atoms with Crippen molar-refractivity contribution in [2.24, 2.45) is 0 Å². The van der Waals surface area contributed by atoms with Crippen molar-refractivity contribution >= 4 is 23.3 Å². The smallest absolute Gasteiger partial charge is 0.338 e. The number of Topliss-reactive ketones (excluding diaryl/α,β-unsaturated/α-hetero) is 1. The first kappa shape index (κ1) is 19.9. The van der Waals surface area contributed by atoms with Crippen molar-refractivity contribution in [1.82, 2.24) is 0 Å². The second-order valence-corrected chi connectivity index (χ2v) is 6.15. The Kier molecular flexibility index (Phi) is 6.09. The second-order valence-electron chi connectivity index (χ2n) is 6.15. The molecule has 0 unspecified atom stereocenters. The van der Waals surface area contributed by atoms with Gasteiger partial charge in [-0.3, -0.25) is 9.59 Å². The zero-order valence-electron chi connectivity index (χ0n) is 15.9. The van der Waals surface area contributed by atoms with Crippen molar-refractivity contribution in [2.75, 3.05) is 12.4 Å². The molecular weight excluding hydrogens is 374 g/mol. The average Bonchev–Trinajstić information content (AvgIpc) is 3.29. The lowest BCUT2D eigenvalue weighted by Gasteiger charge is -2.13. The Labute approximate surface area is 167 Å². The predicted molar refractivity (Wildman–Crippen MR) is 105 cm³/mol. The summed E-state index contributed by atoms with van der Waals surface area (Å²) >= 11 is 0. The lowest BCUT2D eigenvalue weighted by Crippen LogP contribution is -2.24. The van der Waals surface area contributed by atoms with Crippen LogP contribution in [-0.4, -0.2) is 30.9 Å². The van der Waals surface area contributed by atoms with Crippen molar-refractivity contribution in [2.45, 2.75) is 13.0 Å². The van der Waals surface area contributed by atoms with E-state index in [1.54, 1.807) is 48.5 Å². The molecule has 1 atom stereocenters. The summed E-state index contributed by atoms with van der Waals surface area (Å²) in [5.41, 5.74) is 1.17. The summed E-state index contributed by atoms with van der Waals surface area (Å²) in [5.74, 6) is -0.541. The molecule has 0 aliphatic carbocycles. The molecule has 1 aromatic heterocycles. The maximum atomic E-state index is 12.4. The van der Waals surface area contributed by atoms with Crippen LogP contribution in [0.2, 0.25) is 0 Å². The quantitative estimate of drug-likeness (QED) is 0.482. The van der Waals surface area contributed by atoms with Crippen LogP contribution in [0.5, 0.6) is 5.75 Å². The number of carbonyl (C=O) groups is 3. The minimum atomic E-state index is -0.950. The van der Waals surface area contributed by atoms with Gasteiger partial charge in [0.1, 0.15) is 5.75 Å². The van der Waals surface area contributed by atoms with E-state index in [-0.39, 0.29) is 17.1 Å². The topological polar surface area (TPSA) is 94.8 Å². The van der Waals surface area contributed by atoms with E-state index in [4.69, 9.17) is 13.9 Å². The molecular formula is C22H19NO6. The summed E-state index contributed by atoms with van der Waals surface area (Å²) in [6, 6.07) is 15.8. The Morgan fingerprint density at radius 2 is 1.59 bits per heavy atom. The summed E-state index contributed by atoms with van der Waals surface area (Å²) in [7, 11) is 1.54. The Balaban J connectivity index is 1.59. The molecule has 0 saturated heterocycles. The Morgan fingerprint density at radius 3 is 2.17 bits per heavy atom. The third-order valence-corrected chi connectivity index (χ3v) is 4.15. The number of methoxy groups -OCH3 is 1. The predicted octanol–water partition coefficient (Wildman–Crippen LogP) is 3.97. The first-order valence-corrected chi connectivity index (χ1v) is 8.82. The van der Waals surface area contributed by atoms with Gasteiger partial charge in [-0.25, -0.2) is 4.79 Å². The number of carbonyl (C=O) groups excluding carboxylic acids is 3. The van der Waals surface area contributed by atoms with Crippen LogP contribution < -0.4 is 10.1 Å². The van der Waals surface area contributed by atoms with Crippen LogP contribution in [0, 0.1) is 0 Å². The average molecular weight is 393 g/mol. The highest BCUT2D eigenvalue weighted by molar-refractivity contribution is 6.03. The van der Waals surface area contributed by atoms with Crippen LogP contribution in [0.15, 0.2) is 71.3 Å². The van der Waals surface area contributed by atoms with Crippen molar-refractivity contribution in [3.8, 4) is 5.75 Å². The monoisotopic (exact) mass is 393 g/mol. The molecule has 0 saturated carbocycles. The first-order chi connectivity index (χ1) is 14.0. The number of ketones is 1. The maximum Gasteiger partial charge on any atom is 0.338 e. The molecule has 0 aliphatic heterocycles. The first-order valence-electron chi connectivity index (χ1n) is 8.82. The Morgan fingerprint density at radius 1 is 0.931 bits per heavy atom. The van der Waals surface area contributed by atoms with Crippen LogP contribution >= 0.6 is 0 Å². The lowest BCUT2D eigenvalue weighted by molar-refractivity contribution is 0.0319. The minimum Gasteiger partial charge on any atom is -0.497 e. The van der Waals surface area contributed by atoms with Gasteiger partial charge in [-0.15, -0.1) is 0 Å². The van der Waals surface area contributed by atoms with E-state index < -0.39 is 18.0 Å². The molecule has 3 aromatic rings. The van der Waals surface area contributed by atoms with Gasteiger partial charge in [0.05, 0.1) is 18.9 Å². The summed E-state index contributed by atoms with van der Waals surface area (Å²) in [6.07, 6.45) is 0.455. The normalized spacial score (nSPS) is 11.4. The van der Waals surface area contributed by atoms with Crippen molar-refractivity contribution in [1.29, 1.82) is 0 Å². The number of hydrogen-bond donors (Lipinski definition) is 1. The molecule has 1 amide bonds. The SMILES string of the molecule is COc1ccc(C(=O)[C@@H](C)OC(=O)c2ccc(NC(=O)c3ccco3)cc2)cc1. The zero-order valence-corrected chi connectivity index (χ0v) is 15.9. The van der Waals surface area contributed by atoms with Gasteiger partial charge in [0, 0.05) is 11.3 Å². The van der Waals surface area contributed by atoms with Crippen molar-refractivity contribution in [3.63, 3.8) is 0 Å². The van der Waals surface area contributed by atoms with E-state index in [0.29, 0.717) is 17.0 Å². The molecule has 0 radical (unpaired) electrons. The van der Waals surface area contributed by atoms with E-state index >= 15 is 0 Å². The summed E-state index contributed by atoms with van der Waals surface area (Å²) in [4.78, 5) is 36.7. The number of esters is 1. The van der Waals surface area contributed by atoms with Gasteiger partial charge in [0.15, 0.2) is 11.9 Å². The van der Waals surface area contributed by atoms with Crippen LogP contribution in [0.1, 0.15) is 38.2 Å². The molecule has 2 aromatic carbocycles. The third-order valence-electron chi connectivity index (χ3n) is 4.15. The Bertz CT molecular complexity index is 991.